The molecule has 0 atom stereocenters. The van der Waals surface area contributed by atoms with Crippen LogP contribution in [0.25, 0.3) is 17.2 Å². The van der Waals surface area contributed by atoms with Crippen LogP contribution in [0.15, 0.2) is 57.6 Å². The Morgan fingerprint density at radius 1 is 1.08 bits per heavy atom. The van der Waals surface area contributed by atoms with Crippen LogP contribution in [0.2, 0.25) is 0 Å². The van der Waals surface area contributed by atoms with E-state index in [0.29, 0.717) is 29.8 Å². The molecule has 0 saturated heterocycles. The zero-order valence-corrected chi connectivity index (χ0v) is 12.6. The highest BCUT2D eigenvalue weighted by atomic mass is 16.5. The molecule has 0 unspecified atom stereocenters. The molecule has 0 aliphatic carbocycles. The third-order valence-corrected chi connectivity index (χ3v) is 3.48. The quantitative estimate of drug-likeness (QED) is 0.792. The van der Waals surface area contributed by atoms with Gasteiger partial charge in [0.15, 0.2) is 11.5 Å². The fourth-order valence-corrected chi connectivity index (χ4v) is 2.30. The monoisotopic (exact) mass is 323 g/mol. The van der Waals surface area contributed by atoms with Crippen molar-refractivity contribution in [2.24, 2.45) is 0 Å². The SMILES string of the molecule is O=C(Nc1ccc(-c2nnc(C3=CCCO3)o2)cc1)c1ccco1. The molecule has 1 amide bonds. The van der Waals surface area contributed by atoms with Gasteiger partial charge in [0.25, 0.3) is 11.8 Å². The Labute approximate surface area is 136 Å². The first-order valence-electron chi connectivity index (χ1n) is 7.42. The van der Waals surface area contributed by atoms with Gasteiger partial charge in [0.1, 0.15) is 0 Å². The second kappa shape index (κ2) is 6.04. The Kier molecular flexibility index (Phi) is 3.59. The molecule has 0 saturated carbocycles. The van der Waals surface area contributed by atoms with E-state index in [1.807, 2.05) is 6.08 Å². The lowest BCUT2D eigenvalue weighted by molar-refractivity contribution is 0.0996. The summed E-state index contributed by atoms with van der Waals surface area (Å²) in [6.07, 6.45) is 4.22. The maximum absolute atomic E-state index is 11.9. The van der Waals surface area contributed by atoms with Crippen molar-refractivity contribution >= 4 is 17.4 Å². The van der Waals surface area contributed by atoms with Gasteiger partial charge in [0.2, 0.25) is 5.89 Å². The van der Waals surface area contributed by atoms with Crippen LogP contribution in [0.5, 0.6) is 0 Å². The molecule has 24 heavy (non-hydrogen) atoms. The van der Waals surface area contributed by atoms with Crippen LogP contribution in [-0.2, 0) is 4.74 Å². The Bertz CT molecular complexity index is 879. The van der Waals surface area contributed by atoms with Gasteiger partial charge in [0.05, 0.1) is 12.9 Å². The molecule has 120 valence electrons. The van der Waals surface area contributed by atoms with Gasteiger partial charge >= 0.3 is 0 Å². The minimum Gasteiger partial charge on any atom is -0.488 e. The van der Waals surface area contributed by atoms with Gasteiger partial charge in [-0.2, -0.15) is 0 Å². The number of carbonyl (C=O) groups is 1. The second-order valence-electron chi connectivity index (χ2n) is 5.13. The van der Waals surface area contributed by atoms with Crippen molar-refractivity contribution in [1.29, 1.82) is 0 Å². The van der Waals surface area contributed by atoms with E-state index >= 15 is 0 Å². The molecular weight excluding hydrogens is 310 g/mol. The van der Waals surface area contributed by atoms with Crippen molar-refractivity contribution < 1.29 is 18.4 Å². The number of rotatable bonds is 4. The third kappa shape index (κ3) is 2.79. The van der Waals surface area contributed by atoms with E-state index in [9.17, 15) is 4.79 Å². The third-order valence-electron chi connectivity index (χ3n) is 3.48. The van der Waals surface area contributed by atoms with Crippen molar-refractivity contribution in [3.8, 4) is 11.5 Å². The first-order chi connectivity index (χ1) is 11.8. The van der Waals surface area contributed by atoms with Crippen molar-refractivity contribution in [3.63, 3.8) is 0 Å². The summed E-state index contributed by atoms with van der Waals surface area (Å²) in [5.74, 6) is 1.34. The lowest BCUT2D eigenvalue weighted by atomic mass is 10.2. The van der Waals surface area contributed by atoms with E-state index in [1.54, 1.807) is 36.4 Å². The second-order valence-corrected chi connectivity index (χ2v) is 5.13. The summed E-state index contributed by atoms with van der Waals surface area (Å²) in [7, 11) is 0. The minimum atomic E-state index is -0.307. The Morgan fingerprint density at radius 2 is 1.92 bits per heavy atom. The van der Waals surface area contributed by atoms with Crippen LogP contribution in [0.3, 0.4) is 0 Å². The molecule has 2 aromatic heterocycles. The molecule has 1 aliphatic heterocycles. The van der Waals surface area contributed by atoms with E-state index < -0.39 is 0 Å². The van der Waals surface area contributed by atoms with Crippen molar-refractivity contribution in [2.45, 2.75) is 6.42 Å². The average molecular weight is 323 g/mol. The van der Waals surface area contributed by atoms with Crippen LogP contribution in [0.1, 0.15) is 22.9 Å². The fraction of sp³-hybridized carbons (Fsp3) is 0.118. The number of anilines is 1. The average Bonchev–Trinajstić information content (AvgIpc) is 3.35. The Balaban J connectivity index is 1.48. The molecule has 4 rings (SSSR count). The van der Waals surface area contributed by atoms with Gasteiger partial charge in [-0.1, -0.05) is 0 Å². The van der Waals surface area contributed by atoms with Crippen molar-refractivity contribution in [2.75, 3.05) is 11.9 Å². The minimum absolute atomic E-state index is 0.255. The molecule has 7 nitrogen and oxygen atoms in total. The van der Waals surface area contributed by atoms with Gasteiger partial charge in [-0.05, 0) is 42.5 Å². The molecule has 7 heteroatoms. The largest absolute Gasteiger partial charge is 0.488 e. The molecule has 0 spiro atoms. The van der Waals surface area contributed by atoms with E-state index in [0.717, 1.165) is 12.0 Å². The highest BCUT2D eigenvalue weighted by molar-refractivity contribution is 6.02. The van der Waals surface area contributed by atoms with Crippen LogP contribution in [-0.4, -0.2) is 22.7 Å². The molecular formula is C17H13N3O4. The normalized spacial score (nSPS) is 13.4. The zero-order valence-electron chi connectivity index (χ0n) is 12.6. The summed E-state index contributed by atoms with van der Waals surface area (Å²) in [5, 5.41) is 10.8. The zero-order chi connectivity index (χ0) is 16.4. The van der Waals surface area contributed by atoms with Crippen LogP contribution in [0, 0.1) is 0 Å². The first-order valence-corrected chi connectivity index (χ1v) is 7.42. The van der Waals surface area contributed by atoms with Gasteiger partial charge in [-0.3, -0.25) is 4.79 Å². The van der Waals surface area contributed by atoms with Crippen molar-refractivity contribution in [1.82, 2.24) is 10.2 Å². The standard InChI is InChI=1S/C17H13N3O4/c21-15(13-3-1-9-22-13)18-12-7-5-11(6-8-12)16-19-20-17(24-16)14-4-2-10-23-14/h1,3-9H,2,10H2,(H,18,21). The molecule has 0 bridgehead atoms. The summed E-state index contributed by atoms with van der Waals surface area (Å²) in [5.41, 5.74) is 1.39. The van der Waals surface area contributed by atoms with Crippen LogP contribution in [0.4, 0.5) is 5.69 Å². The molecule has 1 aromatic carbocycles. The van der Waals surface area contributed by atoms with Gasteiger partial charge in [0, 0.05) is 17.7 Å². The number of amides is 1. The molecule has 3 heterocycles. The number of aromatic nitrogens is 2. The number of ether oxygens (including phenoxy) is 1. The van der Waals surface area contributed by atoms with Crippen LogP contribution >= 0.6 is 0 Å². The molecule has 0 fully saturated rings. The number of nitrogens with one attached hydrogen (secondary N) is 1. The molecule has 0 radical (unpaired) electrons. The first kappa shape index (κ1) is 14.3. The number of benzene rings is 1. The highest BCUT2D eigenvalue weighted by Gasteiger charge is 2.16. The predicted molar refractivity (Wildman–Crippen MR) is 84.9 cm³/mol. The number of hydrogen-bond donors (Lipinski definition) is 1. The molecule has 3 aromatic rings. The fourth-order valence-electron chi connectivity index (χ4n) is 2.30. The number of nitrogens with zero attached hydrogens (tertiary/aromatic N) is 2. The maximum Gasteiger partial charge on any atom is 0.291 e. The van der Waals surface area contributed by atoms with E-state index in [2.05, 4.69) is 15.5 Å². The number of hydrogen-bond acceptors (Lipinski definition) is 6. The number of furan rings is 1. The lowest BCUT2D eigenvalue weighted by Gasteiger charge is -2.03. The summed E-state index contributed by atoms with van der Waals surface area (Å²) in [6.45, 7) is 0.636. The topological polar surface area (TPSA) is 90.4 Å². The summed E-state index contributed by atoms with van der Waals surface area (Å²) in [4.78, 5) is 11.9. The van der Waals surface area contributed by atoms with E-state index in [4.69, 9.17) is 13.6 Å². The van der Waals surface area contributed by atoms with Crippen molar-refractivity contribution in [3.05, 3.63) is 60.4 Å². The summed E-state index contributed by atoms with van der Waals surface area (Å²) in [6, 6.07) is 10.4. The lowest BCUT2D eigenvalue weighted by Crippen LogP contribution is -2.10. The number of carbonyl (C=O) groups excluding carboxylic acids is 1. The predicted octanol–water partition coefficient (Wildman–Crippen LogP) is 3.34. The highest BCUT2D eigenvalue weighted by Crippen LogP contribution is 2.25. The van der Waals surface area contributed by atoms with Gasteiger partial charge in [-0.25, -0.2) is 0 Å². The van der Waals surface area contributed by atoms with Gasteiger partial charge < -0.3 is 18.9 Å². The van der Waals surface area contributed by atoms with Gasteiger partial charge in [-0.15, -0.1) is 10.2 Å². The summed E-state index contributed by atoms with van der Waals surface area (Å²) >= 11 is 0. The molecule has 1 N–H and O–H groups in total. The Hall–Kier alpha value is -3.35. The smallest absolute Gasteiger partial charge is 0.291 e. The van der Waals surface area contributed by atoms with E-state index in [1.165, 1.54) is 6.26 Å². The van der Waals surface area contributed by atoms with Crippen LogP contribution < -0.4 is 5.32 Å². The molecule has 1 aliphatic rings. The van der Waals surface area contributed by atoms with E-state index in [-0.39, 0.29) is 11.7 Å². The Morgan fingerprint density at radius 3 is 2.62 bits per heavy atom. The summed E-state index contributed by atoms with van der Waals surface area (Å²) < 4.78 is 16.1. The maximum atomic E-state index is 11.9.